The molecule has 3 nitrogen and oxygen atoms in total. The third-order valence-corrected chi connectivity index (χ3v) is 2.63. The van der Waals surface area contributed by atoms with Gasteiger partial charge in [-0.15, -0.1) is 0 Å². The van der Waals surface area contributed by atoms with E-state index in [0.29, 0.717) is 29.8 Å². The van der Waals surface area contributed by atoms with Crippen LogP contribution in [-0.4, -0.2) is 19.1 Å². The molecule has 1 rings (SSSR count). The predicted molar refractivity (Wildman–Crippen MR) is 68.5 cm³/mol. The van der Waals surface area contributed by atoms with Crippen molar-refractivity contribution in [2.75, 3.05) is 18.5 Å². The molecule has 94 valence electrons. The zero-order valence-corrected chi connectivity index (χ0v) is 11.2. The van der Waals surface area contributed by atoms with Crippen LogP contribution in [0.3, 0.4) is 0 Å². The van der Waals surface area contributed by atoms with Crippen LogP contribution in [0.2, 0.25) is 0 Å². The number of hydrogen-bond acceptors (Lipinski definition) is 2. The maximum absolute atomic E-state index is 12.9. The van der Waals surface area contributed by atoms with Gasteiger partial charge >= 0.3 is 0 Å². The summed E-state index contributed by atoms with van der Waals surface area (Å²) in [6.45, 7) is 3.08. The van der Waals surface area contributed by atoms with Crippen LogP contribution in [0.1, 0.15) is 19.8 Å². The zero-order chi connectivity index (χ0) is 12.7. The van der Waals surface area contributed by atoms with Gasteiger partial charge < -0.3 is 10.1 Å². The van der Waals surface area contributed by atoms with E-state index in [-0.39, 0.29) is 11.7 Å². The Morgan fingerprint density at radius 2 is 2.24 bits per heavy atom. The first kappa shape index (κ1) is 14.1. The summed E-state index contributed by atoms with van der Waals surface area (Å²) in [6.07, 6.45) is 1.24. The summed E-state index contributed by atoms with van der Waals surface area (Å²) >= 11 is 3.06. The van der Waals surface area contributed by atoms with Crippen LogP contribution in [0.15, 0.2) is 22.7 Å². The molecule has 0 radical (unpaired) electrons. The molecule has 0 saturated carbocycles. The van der Waals surface area contributed by atoms with Crippen LogP contribution in [0.5, 0.6) is 0 Å². The van der Waals surface area contributed by atoms with Crippen molar-refractivity contribution in [1.29, 1.82) is 0 Å². The molecule has 0 atom stereocenters. The third kappa shape index (κ3) is 5.28. The monoisotopic (exact) mass is 303 g/mol. The number of amides is 1. The number of halogens is 2. The van der Waals surface area contributed by atoms with Gasteiger partial charge in [0, 0.05) is 12.3 Å². The maximum Gasteiger partial charge on any atom is 0.226 e. The van der Waals surface area contributed by atoms with E-state index in [1.807, 2.05) is 6.92 Å². The average Bonchev–Trinajstić information content (AvgIpc) is 2.30. The van der Waals surface area contributed by atoms with E-state index in [0.717, 1.165) is 6.42 Å². The molecule has 0 aliphatic rings. The predicted octanol–water partition coefficient (Wildman–Crippen LogP) is 3.34. The number of benzene rings is 1. The van der Waals surface area contributed by atoms with Gasteiger partial charge in [0.15, 0.2) is 0 Å². The van der Waals surface area contributed by atoms with E-state index in [2.05, 4.69) is 21.2 Å². The second kappa shape index (κ2) is 7.40. The Balaban J connectivity index is 2.37. The van der Waals surface area contributed by atoms with Crippen LogP contribution in [-0.2, 0) is 9.53 Å². The normalized spacial score (nSPS) is 10.3. The van der Waals surface area contributed by atoms with Crippen molar-refractivity contribution in [3.8, 4) is 0 Å². The van der Waals surface area contributed by atoms with E-state index in [9.17, 15) is 9.18 Å². The van der Waals surface area contributed by atoms with Gasteiger partial charge in [-0.25, -0.2) is 4.39 Å². The fourth-order valence-corrected chi connectivity index (χ4v) is 1.59. The Labute approximate surface area is 108 Å². The summed E-state index contributed by atoms with van der Waals surface area (Å²) in [5.41, 5.74) is 0.568. The number of nitrogens with one attached hydrogen (secondary N) is 1. The molecule has 1 N–H and O–H groups in total. The van der Waals surface area contributed by atoms with Crippen molar-refractivity contribution in [3.63, 3.8) is 0 Å². The maximum atomic E-state index is 12.9. The Kier molecular flexibility index (Phi) is 6.15. The zero-order valence-electron chi connectivity index (χ0n) is 9.63. The first-order valence-electron chi connectivity index (χ1n) is 5.46. The van der Waals surface area contributed by atoms with Crippen molar-refractivity contribution in [3.05, 3.63) is 28.5 Å². The fourth-order valence-electron chi connectivity index (χ4n) is 1.21. The molecule has 0 fully saturated rings. The number of carbonyl (C=O) groups is 1. The Morgan fingerprint density at radius 1 is 1.47 bits per heavy atom. The fraction of sp³-hybridized carbons (Fsp3) is 0.417. The number of anilines is 1. The molecule has 1 aromatic rings. The van der Waals surface area contributed by atoms with E-state index < -0.39 is 0 Å². The molecule has 0 saturated heterocycles. The summed E-state index contributed by atoms with van der Waals surface area (Å²) in [6, 6.07) is 4.35. The lowest BCUT2D eigenvalue weighted by Crippen LogP contribution is -2.14. The summed E-state index contributed by atoms with van der Waals surface area (Å²) in [7, 11) is 0. The largest absolute Gasteiger partial charge is 0.381 e. The van der Waals surface area contributed by atoms with Gasteiger partial charge in [-0.1, -0.05) is 6.92 Å². The minimum atomic E-state index is -0.353. The van der Waals surface area contributed by atoms with Gasteiger partial charge in [0.25, 0.3) is 0 Å². The minimum absolute atomic E-state index is 0.139. The van der Waals surface area contributed by atoms with Crippen LogP contribution in [0.4, 0.5) is 10.1 Å². The number of carbonyl (C=O) groups excluding carboxylic acids is 1. The SMILES string of the molecule is CCCOCCC(=O)Nc1ccc(F)c(Br)c1. The van der Waals surface area contributed by atoms with Gasteiger partial charge in [0.1, 0.15) is 5.82 Å². The molecular weight excluding hydrogens is 289 g/mol. The quantitative estimate of drug-likeness (QED) is 0.819. The molecular formula is C12H15BrFNO2. The highest BCUT2D eigenvalue weighted by Crippen LogP contribution is 2.19. The average molecular weight is 304 g/mol. The van der Waals surface area contributed by atoms with Gasteiger partial charge in [-0.05, 0) is 40.5 Å². The molecule has 0 spiro atoms. The minimum Gasteiger partial charge on any atom is -0.381 e. The third-order valence-electron chi connectivity index (χ3n) is 2.03. The molecule has 0 bridgehead atoms. The van der Waals surface area contributed by atoms with E-state index >= 15 is 0 Å². The highest BCUT2D eigenvalue weighted by Gasteiger charge is 2.04. The lowest BCUT2D eigenvalue weighted by Gasteiger charge is -2.06. The smallest absolute Gasteiger partial charge is 0.226 e. The standard InChI is InChI=1S/C12H15BrFNO2/c1-2-6-17-7-5-12(16)15-9-3-4-11(14)10(13)8-9/h3-4,8H,2,5-7H2,1H3,(H,15,16). The van der Waals surface area contributed by atoms with Crippen LogP contribution < -0.4 is 5.32 Å². The summed E-state index contributed by atoms with van der Waals surface area (Å²) in [4.78, 5) is 11.5. The van der Waals surface area contributed by atoms with Crippen LogP contribution >= 0.6 is 15.9 Å². The Bertz CT molecular complexity index is 385. The van der Waals surface area contributed by atoms with E-state index in [1.165, 1.54) is 18.2 Å². The Hall–Kier alpha value is -0.940. The van der Waals surface area contributed by atoms with E-state index in [4.69, 9.17) is 4.74 Å². The highest BCUT2D eigenvalue weighted by molar-refractivity contribution is 9.10. The summed E-state index contributed by atoms with van der Waals surface area (Å²) < 4.78 is 18.5. The summed E-state index contributed by atoms with van der Waals surface area (Å²) in [5, 5.41) is 2.67. The molecule has 1 aromatic carbocycles. The molecule has 0 aromatic heterocycles. The van der Waals surface area contributed by atoms with Crippen LogP contribution in [0.25, 0.3) is 0 Å². The molecule has 0 aliphatic carbocycles. The molecule has 1 amide bonds. The second-order valence-corrected chi connectivity index (χ2v) is 4.39. The van der Waals surface area contributed by atoms with Crippen molar-refractivity contribution in [2.24, 2.45) is 0 Å². The van der Waals surface area contributed by atoms with Gasteiger partial charge in [-0.3, -0.25) is 4.79 Å². The number of ether oxygens (including phenoxy) is 1. The van der Waals surface area contributed by atoms with Gasteiger partial charge in [0.2, 0.25) is 5.91 Å². The molecule has 17 heavy (non-hydrogen) atoms. The second-order valence-electron chi connectivity index (χ2n) is 3.54. The van der Waals surface area contributed by atoms with Crippen molar-refractivity contribution < 1.29 is 13.9 Å². The van der Waals surface area contributed by atoms with Crippen molar-refractivity contribution in [2.45, 2.75) is 19.8 Å². The molecule has 0 unspecified atom stereocenters. The number of rotatable bonds is 6. The molecule has 0 heterocycles. The van der Waals surface area contributed by atoms with Crippen molar-refractivity contribution >= 4 is 27.5 Å². The Morgan fingerprint density at radius 3 is 2.88 bits per heavy atom. The van der Waals surface area contributed by atoms with Crippen molar-refractivity contribution in [1.82, 2.24) is 0 Å². The van der Waals surface area contributed by atoms with Gasteiger partial charge in [0.05, 0.1) is 17.5 Å². The lowest BCUT2D eigenvalue weighted by atomic mass is 10.3. The first-order chi connectivity index (χ1) is 8.13. The van der Waals surface area contributed by atoms with E-state index in [1.54, 1.807) is 0 Å². The molecule has 5 heteroatoms. The first-order valence-corrected chi connectivity index (χ1v) is 6.25. The highest BCUT2D eigenvalue weighted by atomic mass is 79.9. The topological polar surface area (TPSA) is 38.3 Å². The molecule has 0 aliphatic heterocycles. The number of hydrogen-bond donors (Lipinski definition) is 1. The lowest BCUT2D eigenvalue weighted by molar-refractivity contribution is -0.117. The summed E-state index contributed by atoms with van der Waals surface area (Å²) in [5.74, 6) is -0.492. The van der Waals surface area contributed by atoms with Gasteiger partial charge in [-0.2, -0.15) is 0 Å². The van der Waals surface area contributed by atoms with Crippen LogP contribution in [0, 0.1) is 5.82 Å².